The van der Waals surface area contributed by atoms with Crippen molar-refractivity contribution in [2.45, 2.75) is 38.6 Å². The molecule has 2 fully saturated rings. The summed E-state index contributed by atoms with van der Waals surface area (Å²) < 4.78 is 33.5. The van der Waals surface area contributed by atoms with Crippen molar-refractivity contribution in [3.8, 4) is 0 Å². The Morgan fingerprint density at radius 2 is 1.86 bits per heavy atom. The van der Waals surface area contributed by atoms with Crippen molar-refractivity contribution in [3.63, 3.8) is 0 Å². The van der Waals surface area contributed by atoms with E-state index >= 15 is 0 Å². The maximum absolute atomic E-state index is 12.6. The van der Waals surface area contributed by atoms with E-state index in [0.717, 1.165) is 36.8 Å². The summed E-state index contributed by atoms with van der Waals surface area (Å²) in [5, 5.41) is 0. The van der Waals surface area contributed by atoms with Crippen LogP contribution in [-0.2, 0) is 14.8 Å². The van der Waals surface area contributed by atoms with Gasteiger partial charge in [0.15, 0.2) is 0 Å². The molecule has 1 aliphatic carbocycles. The molecule has 22 heavy (non-hydrogen) atoms. The van der Waals surface area contributed by atoms with Crippen molar-refractivity contribution in [2.75, 3.05) is 19.0 Å². The van der Waals surface area contributed by atoms with E-state index in [1.54, 1.807) is 0 Å². The fourth-order valence-electron chi connectivity index (χ4n) is 3.24. The molecule has 0 bridgehead atoms. The van der Waals surface area contributed by atoms with Gasteiger partial charge in [0.2, 0.25) is 10.0 Å². The Bertz CT molecular complexity index is 604. The van der Waals surface area contributed by atoms with E-state index in [2.05, 4.69) is 23.8 Å². The first-order valence-corrected chi connectivity index (χ1v) is 9.84. The van der Waals surface area contributed by atoms with Crippen LogP contribution in [-0.4, -0.2) is 27.4 Å². The van der Waals surface area contributed by atoms with Gasteiger partial charge in [0.25, 0.3) is 0 Å². The number of aryl methyl sites for hydroxylation is 1. The zero-order valence-electron chi connectivity index (χ0n) is 13.1. The minimum atomic E-state index is -3.26. The molecule has 1 aromatic rings. The highest BCUT2D eigenvalue weighted by Gasteiger charge is 2.36. The molecule has 1 atom stereocenters. The number of hydrogen-bond acceptors (Lipinski definition) is 3. The average molecular weight is 323 g/mol. The van der Waals surface area contributed by atoms with Crippen LogP contribution >= 0.6 is 0 Å². The van der Waals surface area contributed by atoms with Crippen molar-refractivity contribution in [1.29, 1.82) is 0 Å². The number of hydrogen-bond donors (Lipinski definition) is 1. The lowest BCUT2D eigenvalue weighted by molar-refractivity contribution is 0.0722. The minimum absolute atomic E-state index is 0.0639. The summed E-state index contributed by atoms with van der Waals surface area (Å²) in [6.45, 7) is 3.42. The number of rotatable bonds is 6. The van der Waals surface area contributed by atoms with Gasteiger partial charge in [-0.1, -0.05) is 24.3 Å². The number of benzene rings is 1. The first-order chi connectivity index (χ1) is 10.6. The maximum atomic E-state index is 12.6. The van der Waals surface area contributed by atoms with Crippen molar-refractivity contribution >= 4 is 10.0 Å². The molecule has 1 heterocycles. The lowest BCUT2D eigenvalue weighted by Crippen LogP contribution is -2.35. The van der Waals surface area contributed by atoms with Crippen LogP contribution in [0.2, 0.25) is 0 Å². The molecule has 0 spiro atoms. The maximum Gasteiger partial charge on any atom is 0.212 e. The fourth-order valence-corrected chi connectivity index (χ4v) is 5.00. The van der Waals surface area contributed by atoms with E-state index in [1.807, 2.05) is 12.1 Å². The molecule has 0 aromatic heterocycles. The van der Waals surface area contributed by atoms with Crippen LogP contribution < -0.4 is 4.72 Å². The third kappa shape index (κ3) is 4.09. The van der Waals surface area contributed by atoms with Gasteiger partial charge >= 0.3 is 0 Å². The van der Waals surface area contributed by atoms with Gasteiger partial charge in [0, 0.05) is 19.3 Å². The SMILES string of the molecule is Cc1ccccc1C(NS(=O)(=O)CC1CCOCC1)C1CC1. The second-order valence-electron chi connectivity index (χ2n) is 6.63. The summed E-state index contributed by atoms with van der Waals surface area (Å²) in [6, 6.07) is 8.03. The topological polar surface area (TPSA) is 55.4 Å². The third-order valence-corrected chi connectivity index (χ3v) is 6.24. The summed E-state index contributed by atoms with van der Waals surface area (Å²) in [5.74, 6) is 0.902. The van der Waals surface area contributed by atoms with Crippen LogP contribution in [0.5, 0.6) is 0 Å². The first-order valence-electron chi connectivity index (χ1n) is 8.18. The van der Waals surface area contributed by atoms with Crippen LogP contribution in [0.25, 0.3) is 0 Å². The monoisotopic (exact) mass is 323 g/mol. The van der Waals surface area contributed by atoms with Gasteiger partial charge < -0.3 is 4.74 Å². The van der Waals surface area contributed by atoms with Crippen LogP contribution in [0.3, 0.4) is 0 Å². The molecule has 1 aromatic carbocycles. The predicted octanol–water partition coefficient (Wildman–Crippen LogP) is 2.79. The molecule has 4 nitrogen and oxygen atoms in total. The second-order valence-corrected chi connectivity index (χ2v) is 8.43. The van der Waals surface area contributed by atoms with Crippen LogP contribution in [0.15, 0.2) is 24.3 Å². The van der Waals surface area contributed by atoms with Gasteiger partial charge in [0.1, 0.15) is 0 Å². The summed E-state index contributed by atoms with van der Waals surface area (Å²) in [4.78, 5) is 0. The Labute approximate surface area is 133 Å². The first kappa shape index (κ1) is 16.0. The second kappa shape index (κ2) is 6.69. The standard InChI is InChI=1S/C17H25NO3S/c1-13-4-2-3-5-16(13)17(15-6-7-15)18-22(19,20)12-14-8-10-21-11-9-14/h2-5,14-15,17-18H,6-12H2,1H3. The van der Waals surface area contributed by atoms with Crippen molar-refractivity contribution < 1.29 is 13.2 Å². The highest BCUT2D eigenvalue weighted by atomic mass is 32.2. The zero-order chi connectivity index (χ0) is 15.6. The van der Waals surface area contributed by atoms with E-state index in [4.69, 9.17) is 4.74 Å². The molecule has 1 saturated carbocycles. The highest BCUT2D eigenvalue weighted by Crippen LogP contribution is 2.42. The smallest absolute Gasteiger partial charge is 0.212 e. The number of sulfonamides is 1. The quantitative estimate of drug-likeness (QED) is 0.876. The van der Waals surface area contributed by atoms with Gasteiger partial charge in [-0.25, -0.2) is 13.1 Å². The molecule has 3 rings (SSSR count). The van der Waals surface area contributed by atoms with E-state index < -0.39 is 10.0 Å². The lowest BCUT2D eigenvalue weighted by atomic mass is 9.99. The molecule has 5 heteroatoms. The van der Waals surface area contributed by atoms with E-state index in [1.165, 1.54) is 0 Å². The van der Waals surface area contributed by atoms with Gasteiger partial charge in [-0.2, -0.15) is 0 Å². The highest BCUT2D eigenvalue weighted by molar-refractivity contribution is 7.89. The van der Waals surface area contributed by atoms with E-state index in [9.17, 15) is 8.42 Å². The van der Waals surface area contributed by atoms with E-state index in [0.29, 0.717) is 19.1 Å². The van der Waals surface area contributed by atoms with Crippen LogP contribution in [0, 0.1) is 18.8 Å². The van der Waals surface area contributed by atoms with Gasteiger partial charge in [-0.05, 0) is 55.6 Å². The molecule has 122 valence electrons. The Kier molecular flexibility index (Phi) is 4.85. The molecular formula is C17H25NO3S. The lowest BCUT2D eigenvalue weighted by Gasteiger charge is -2.25. The number of nitrogens with one attached hydrogen (secondary N) is 1. The van der Waals surface area contributed by atoms with E-state index in [-0.39, 0.29) is 17.7 Å². The van der Waals surface area contributed by atoms with Crippen LogP contribution in [0.4, 0.5) is 0 Å². The third-order valence-electron chi connectivity index (χ3n) is 4.72. The number of ether oxygens (including phenoxy) is 1. The molecule has 1 saturated heterocycles. The summed E-state index contributed by atoms with van der Waals surface area (Å²) in [6.07, 6.45) is 3.91. The summed E-state index contributed by atoms with van der Waals surface area (Å²) in [5.41, 5.74) is 2.29. The average Bonchev–Trinajstić information content (AvgIpc) is 3.31. The largest absolute Gasteiger partial charge is 0.381 e. The van der Waals surface area contributed by atoms with Crippen LogP contribution in [0.1, 0.15) is 42.9 Å². The minimum Gasteiger partial charge on any atom is -0.381 e. The Morgan fingerprint density at radius 3 is 2.50 bits per heavy atom. The Morgan fingerprint density at radius 1 is 1.18 bits per heavy atom. The summed E-state index contributed by atoms with van der Waals surface area (Å²) >= 11 is 0. The van der Waals surface area contributed by atoms with Crippen molar-refractivity contribution in [1.82, 2.24) is 4.72 Å². The Balaban J connectivity index is 1.71. The predicted molar refractivity (Wildman–Crippen MR) is 87.1 cm³/mol. The van der Waals surface area contributed by atoms with Gasteiger partial charge in [-0.15, -0.1) is 0 Å². The van der Waals surface area contributed by atoms with Crippen molar-refractivity contribution in [2.24, 2.45) is 11.8 Å². The molecule has 2 aliphatic rings. The van der Waals surface area contributed by atoms with Gasteiger partial charge in [0.05, 0.1) is 5.75 Å². The molecule has 1 unspecified atom stereocenters. The summed E-state index contributed by atoms with van der Waals surface area (Å²) in [7, 11) is -3.26. The zero-order valence-corrected chi connectivity index (χ0v) is 13.9. The van der Waals surface area contributed by atoms with Crippen molar-refractivity contribution in [3.05, 3.63) is 35.4 Å². The molecular weight excluding hydrogens is 298 g/mol. The molecule has 1 N–H and O–H groups in total. The van der Waals surface area contributed by atoms with Gasteiger partial charge in [-0.3, -0.25) is 0 Å². The fraction of sp³-hybridized carbons (Fsp3) is 0.647. The molecule has 0 radical (unpaired) electrons. The normalized spacial score (nSPS) is 21.7. The Hall–Kier alpha value is -0.910. The molecule has 0 amide bonds. The molecule has 1 aliphatic heterocycles.